The number of carbonyl (C=O) groups excluding carboxylic acids is 2. The molecule has 1 aliphatic heterocycles. The van der Waals surface area contributed by atoms with Crippen LogP contribution in [-0.2, 0) is 4.79 Å². The van der Waals surface area contributed by atoms with Gasteiger partial charge in [-0.3, -0.25) is 9.59 Å². The lowest BCUT2D eigenvalue weighted by atomic mass is 10.1. The van der Waals surface area contributed by atoms with E-state index in [-0.39, 0.29) is 11.8 Å². The molecule has 0 spiro atoms. The summed E-state index contributed by atoms with van der Waals surface area (Å²) in [4.78, 5) is 26.5. The molecule has 0 saturated carbocycles. The number of nitrogens with one attached hydrogen (secondary N) is 1. The van der Waals surface area contributed by atoms with Crippen molar-refractivity contribution in [2.24, 2.45) is 0 Å². The minimum absolute atomic E-state index is 0.104. The Morgan fingerprint density at radius 1 is 1.14 bits per heavy atom. The number of rotatable bonds is 8. The third-order valence-electron chi connectivity index (χ3n) is 4.93. The second kappa shape index (κ2) is 9.96. The van der Waals surface area contributed by atoms with Crippen molar-refractivity contribution >= 4 is 23.2 Å². The molecule has 0 atom stereocenters. The highest BCUT2D eigenvalue weighted by atomic mass is 16.5. The summed E-state index contributed by atoms with van der Waals surface area (Å²) in [5.41, 5.74) is 1.90. The topological polar surface area (TPSA) is 67.9 Å². The van der Waals surface area contributed by atoms with Gasteiger partial charge in [0.05, 0.1) is 19.4 Å². The Kier molecular flexibility index (Phi) is 7.11. The number of anilines is 2. The Balaban J connectivity index is 1.68. The highest BCUT2D eigenvalue weighted by molar-refractivity contribution is 6.05. The van der Waals surface area contributed by atoms with Crippen LogP contribution in [0, 0.1) is 0 Å². The van der Waals surface area contributed by atoms with Crippen LogP contribution in [0.5, 0.6) is 11.5 Å². The fourth-order valence-electron chi connectivity index (χ4n) is 3.28. The molecule has 1 saturated heterocycles. The van der Waals surface area contributed by atoms with Gasteiger partial charge in [0.25, 0.3) is 5.91 Å². The van der Waals surface area contributed by atoms with Crippen molar-refractivity contribution in [3.63, 3.8) is 0 Å². The Labute approximate surface area is 171 Å². The third-order valence-corrected chi connectivity index (χ3v) is 4.93. The van der Waals surface area contributed by atoms with Crippen molar-refractivity contribution in [2.75, 3.05) is 30.5 Å². The van der Waals surface area contributed by atoms with E-state index in [0.29, 0.717) is 36.6 Å². The molecule has 3 rings (SSSR count). The summed E-state index contributed by atoms with van der Waals surface area (Å²) < 4.78 is 11.1. The molecule has 2 aromatic rings. The number of unbranched alkanes of at least 4 members (excludes halogenated alkanes) is 1. The molecular weight excluding hydrogens is 368 g/mol. The highest BCUT2D eigenvalue weighted by Crippen LogP contribution is 2.33. The Morgan fingerprint density at radius 2 is 1.93 bits per heavy atom. The van der Waals surface area contributed by atoms with Crippen molar-refractivity contribution in [2.45, 2.75) is 39.0 Å². The van der Waals surface area contributed by atoms with Crippen LogP contribution in [0.2, 0.25) is 0 Å². The van der Waals surface area contributed by atoms with Gasteiger partial charge in [0.2, 0.25) is 5.91 Å². The molecule has 1 fully saturated rings. The van der Waals surface area contributed by atoms with E-state index >= 15 is 0 Å². The Bertz CT molecular complexity index is 848. The van der Waals surface area contributed by atoms with E-state index in [1.165, 1.54) is 0 Å². The molecule has 0 radical (unpaired) electrons. The highest BCUT2D eigenvalue weighted by Gasteiger charge is 2.22. The van der Waals surface area contributed by atoms with E-state index in [1.54, 1.807) is 48.4 Å². The second-order valence-electron chi connectivity index (χ2n) is 7.07. The predicted molar refractivity (Wildman–Crippen MR) is 114 cm³/mol. The van der Waals surface area contributed by atoms with Crippen LogP contribution in [0.3, 0.4) is 0 Å². The molecule has 1 heterocycles. The van der Waals surface area contributed by atoms with Gasteiger partial charge in [-0.25, -0.2) is 0 Å². The minimum Gasteiger partial charge on any atom is -0.494 e. The zero-order chi connectivity index (χ0) is 20.6. The number of piperidine rings is 1. The van der Waals surface area contributed by atoms with Gasteiger partial charge >= 0.3 is 0 Å². The maximum absolute atomic E-state index is 12.6. The molecular formula is C23H28N2O4. The molecule has 2 amide bonds. The number of hydrogen-bond donors (Lipinski definition) is 1. The molecule has 0 bridgehead atoms. The van der Waals surface area contributed by atoms with Crippen molar-refractivity contribution in [3.8, 4) is 11.5 Å². The normalized spacial score (nSPS) is 13.9. The first-order valence-corrected chi connectivity index (χ1v) is 10.1. The first-order valence-electron chi connectivity index (χ1n) is 10.1. The summed E-state index contributed by atoms with van der Waals surface area (Å²) in [5, 5.41) is 2.88. The van der Waals surface area contributed by atoms with Crippen LogP contribution in [0.25, 0.3) is 0 Å². The molecule has 29 heavy (non-hydrogen) atoms. The number of methoxy groups -OCH3 is 1. The van der Waals surface area contributed by atoms with Gasteiger partial charge in [-0.1, -0.05) is 13.3 Å². The average molecular weight is 396 g/mol. The maximum Gasteiger partial charge on any atom is 0.255 e. The number of hydrogen-bond acceptors (Lipinski definition) is 4. The van der Waals surface area contributed by atoms with Gasteiger partial charge < -0.3 is 19.7 Å². The van der Waals surface area contributed by atoms with E-state index < -0.39 is 0 Å². The van der Waals surface area contributed by atoms with E-state index in [0.717, 1.165) is 37.1 Å². The summed E-state index contributed by atoms with van der Waals surface area (Å²) >= 11 is 0. The molecule has 1 aliphatic rings. The van der Waals surface area contributed by atoms with Gasteiger partial charge in [0.1, 0.15) is 11.5 Å². The molecule has 6 nitrogen and oxygen atoms in total. The zero-order valence-corrected chi connectivity index (χ0v) is 17.1. The first-order chi connectivity index (χ1) is 14.1. The maximum atomic E-state index is 12.6. The monoisotopic (exact) mass is 396 g/mol. The fourth-order valence-corrected chi connectivity index (χ4v) is 3.28. The largest absolute Gasteiger partial charge is 0.494 e. The molecule has 1 N–H and O–H groups in total. The molecule has 0 aliphatic carbocycles. The quantitative estimate of drug-likeness (QED) is 0.660. The standard InChI is InChI=1S/C23H28N2O4/c1-3-4-15-29-19-11-8-17(9-12-19)23(27)24-18-10-13-20(21(16-18)28-2)25-14-6-5-7-22(25)26/h8-13,16H,3-7,14-15H2,1-2H3,(H,24,27). The molecule has 2 aromatic carbocycles. The zero-order valence-electron chi connectivity index (χ0n) is 17.1. The van der Waals surface area contributed by atoms with Crippen LogP contribution in [0.4, 0.5) is 11.4 Å². The SMILES string of the molecule is CCCCOc1ccc(C(=O)Nc2ccc(N3CCCCC3=O)c(OC)c2)cc1. The molecule has 0 aromatic heterocycles. The van der Waals surface area contributed by atoms with Crippen LogP contribution >= 0.6 is 0 Å². The number of amides is 2. The average Bonchev–Trinajstić information content (AvgIpc) is 2.75. The number of benzene rings is 2. The van der Waals surface area contributed by atoms with E-state index in [2.05, 4.69) is 12.2 Å². The summed E-state index contributed by atoms with van der Waals surface area (Å²) in [6.45, 7) is 3.48. The lowest BCUT2D eigenvalue weighted by Crippen LogP contribution is -2.35. The van der Waals surface area contributed by atoms with Crippen molar-refractivity contribution in [1.29, 1.82) is 0 Å². The Hall–Kier alpha value is -3.02. The van der Waals surface area contributed by atoms with Crippen LogP contribution in [0.15, 0.2) is 42.5 Å². The number of carbonyl (C=O) groups is 2. The fraction of sp³-hybridized carbons (Fsp3) is 0.391. The Morgan fingerprint density at radius 3 is 2.62 bits per heavy atom. The van der Waals surface area contributed by atoms with Gasteiger partial charge in [-0.2, -0.15) is 0 Å². The molecule has 6 heteroatoms. The van der Waals surface area contributed by atoms with Gasteiger partial charge in [-0.15, -0.1) is 0 Å². The van der Waals surface area contributed by atoms with Crippen molar-refractivity contribution in [3.05, 3.63) is 48.0 Å². The number of nitrogens with zero attached hydrogens (tertiary/aromatic N) is 1. The molecule has 0 unspecified atom stereocenters. The van der Waals surface area contributed by atoms with Gasteiger partial charge in [0, 0.05) is 30.3 Å². The summed E-state index contributed by atoms with van der Waals surface area (Å²) in [6.07, 6.45) is 4.54. The van der Waals surface area contributed by atoms with E-state index in [1.807, 2.05) is 6.07 Å². The molecule has 154 valence electrons. The van der Waals surface area contributed by atoms with E-state index in [9.17, 15) is 9.59 Å². The third kappa shape index (κ3) is 5.28. The lowest BCUT2D eigenvalue weighted by Gasteiger charge is -2.28. The van der Waals surface area contributed by atoms with Crippen LogP contribution < -0.4 is 19.7 Å². The second-order valence-corrected chi connectivity index (χ2v) is 7.07. The summed E-state index contributed by atoms with van der Waals surface area (Å²) in [5.74, 6) is 1.21. The van der Waals surface area contributed by atoms with Crippen molar-refractivity contribution < 1.29 is 19.1 Å². The smallest absolute Gasteiger partial charge is 0.255 e. The minimum atomic E-state index is -0.214. The van der Waals surface area contributed by atoms with Crippen LogP contribution in [0.1, 0.15) is 49.4 Å². The number of ether oxygens (including phenoxy) is 2. The summed E-state index contributed by atoms with van der Waals surface area (Å²) in [7, 11) is 1.57. The van der Waals surface area contributed by atoms with Gasteiger partial charge in [-0.05, 0) is 55.7 Å². The summed E-state index contributed by atoms with van der Waals surface area (Å²) in [6, 6.07) is 12.5. The first kappa shape index (κ1) is 20.7. The van der Waals surface area contributed by atoms with Gasteiger partial charge in [0.15, 0.2) is 0 Å². The predicted octanol–water partition coefficient (Wildman–Crippen LogP) is 4.64. The van der Waals surface area contributed by atoms with E-state index in [4.69, 9.17) is 9.47 Å². The van der Waals surface area contributed by atoms with Crippen LogP contribution in [-0.4, -0.2) is 32.1 Å². The lowest BCUT2D eigenvalue weighted by molar-refractivity contribution is -0.119. The van der Waals surface area contributed by atoms with Crippen molar-refractivity contribution in [1.82, 2.24) is 0 Å².